The number of rotatable bonds is 7. The Hall–Kier alpha value is -2.57. The third-order valence-corrected chi connectivity index (χ3v) is 8.15. The van der Waals surface area contributed by atoms with Crippen LogP contribution in [-0.2, 0) is 0 Å². The second-order valence-corrected chi connectivity index (χ2v) is 11.1. The Balaban J connectivity index is 1.26. The summed E-state index contributed by atoms with van der Waals surface area (Å²) in [6, 6.07) is 11.4. The Morgan fingerprint density at radius 3 is 2.33 bits per heavy atom. The van der Waals surface area contributed by atoms with Gasteiger partial charge in [-0.25, -0.2) is 4.98 Å². The highest BCUT2D eigenvalue weighted by Crippen LogP contribution is 2.35. The van der Waals surface area contributed by atoms with Crippen molar-refractivity contribution in [2.75, 3.05) is 46.9 Å². The van der Waals surface area contributed by atoms with Crippen molar-refractivity contribution in [3.8, 4) is 22.9 Å². The molecule has 0 aliphatic carbocycles. The Kier molecular flexibility index (Phi) is 7.54. The molecule has 2 aliphatic rings. The highest BCUT2D eigenvalue weighted by atomic mass is 16.5. The summed E-state index contributed by atoms with van der Waals surface area (Å²) in [5, 5.41) is 0. The van der Waals surface area contributed by atoms with Crippen LogP contribution in [0.3, 0.4) is 0 Å². The van der Waals surface area contributed by atoms with Gasteiger partial charge in [0.2, 0.25) is 0 Å². The van der Waals surface area contributed by atoms with Crippen LogP contribution in [-0.4, -0.2) is 72.8 Å². The number of methoxy groups -OCH3 is 2. The molecular formula is C30H42N4O2. The summed E-state index contributed by atoms with van der Waals surface area (Å²) in [5.41, 5.74) is 5.86. The number of piperidine rings is 2. The third kappa shape index (κ3) is 5.25. The van der Waals surface area contributed by atoms with Crippen LogP contribution >= 0.6 is 0 Å². The van der Waals surface area contributed by atoms with Gasteiger partial charge in [0.15, 0.2) is 11.5 Å². The summed E-state index contributed by atoms with van der Waals surface area (Å²) in [7, 11) is 3.32. The first kappa shape index (κ1) is 25.1. The average Bonchev–Trinajstić information content (AvgIpc) is 3.33. The molecule has 6 heteroatoms. The van der Waals surface area contributed by atoms with Gasteiger partial charge in [-0.15, -0.1) is 0 Å². The number of fused-ring (bicyclic) bond motifs is 1. The molecule has 36 heavy (non-hydrogen) atoms. The molecule has 5 rings (SSSR count). The Morgan fingerprint density at radius 2 is 1.67 bits per heavy atom. The quantitative estimate of drug-likeness (QED) is 0.450. The van der Waals surface area contributed by atoms with Gasteiger partial charge in [-0.2, -0.15) is 0 Å². The monoisotopic (exact) mass is 490 g/mol. The number of benzene rings is 2. The minimum Gasteiger partial charge on any atom is -0.493 e. The van der Waals surface area contributed by atoms with Gasteiger partial charge < -0.3 is 24.3 Å². The molecule has 2 saturated heterocycles. The van der Waals surface area contributed by atoms with Crippen molar-refractivity contribution in [3.63, 3.8) is 0 Å². The lowest BCUT2D eigenvalue weighted by Crippen LogP contribution is -2.48. The van der Waals surface area contributed by atoms with Gasteiger partial charge in [0.25, 0.3) is 0 Å². The number of aryl methyl sites for hydroxylation is 1. The highest BCUT2D eigenvalue weighted by Gasteiger charge is 2.29. The minimum absolute atomic E-state index is 0.623. The predicted molar refractivity (Wildman–Crippen MR) is 147 cm³/mol. The van der Waals surface area contributed by atoms with Crippen molar-refractivity contribution in [1.82, 2.24) is 19.8 Å². The molecule has 0 saturated carbocycles. The molecule has 2 aliphatic heterocycles. The summed E-state index contributed by atoms with van der Waals surface area (Å²) >= 11 is 0. The van der Waals surface area contributed by atoms with Crippen LogP contribution in [0.15, 0.2) is 30.3 Å². The minimum atomic E-state index is 0.623. The van der Waals surface area contributed by atoms with Gasteiger partial charge in [-0.3, -0.25) is 0 Å². The van der Waals surface area contributed by atoms with E-state index in [4.69, 9.17) is 14.5 Å². The van der Waals surface area contributed by atoms with E-state index in [1.807, 2.05) is 18.2 Å². The smallest absolute Gasteiger partial charge is 0.161 e. The van der Waals surface area contributed by atoms with E-state index in [-0.39, 0.29) is 0 Å². The number of nitrogens with one attached hydrogen (secondary N) is 1. The Labute approximate surface area is 216 Å². The number of aromatic nitrogens is 2. The third-order valence-electron chi connectivity index (χ3n) is 8.15. The van der Waals surface area contributed by atoms with Crippen molar-refractivity contribution in [2.24, 2.45) is 5.92 Å². The molecule has 0 radical (unpaired) electrons. The molecule has 194 valence electrons. The fourth-order valence-electron chi connectivity index (χ4n) is 6.26. The number of H-pyrrole nitrogens is 1. The normalized spacial score (nSPS) is 18.8. The van der Waals surface area contributed by atoms with Gasteiger partial charge in [0.05, 0.1) is 25.3 Å². The Bertz CT molecular complexity index is 1170. The van der Waals surface area contributed by atoms with Crippen LogP contribution in [0.4, 0.5) is 0 Å². The highest BCUT2D eigenvalue weighted by molar-refractivity contribution is 5.83. The predicted octanol–water partition coefficient (Wildman–Crippen LogP) is 5.86. The molecule has 0 atom stereocenters. The zero-order valence-corrected chi connectivity index (χ0v) is 22.6. The second-order valence-electron chi connectivity index (χ2n) is 11.1. The number of ether oxygens (including phenoxy) is 2. The van der Waals surface area contributed by atoms with Gasteiger partial charge in [0.1, 0.15) is 5.82 Å². The van der Waals surface area contributed by atoms with E-state index in [1.54, 1.807) is 14.2 Å². The fourth-order valence-corrected chi connectivity index (χ4v) is 6.26. The summed E-state index contributed by atoms with van der Waals surface area (Å²) in [6.07, 6.45) is 5.15. The van der Waals surface area contributed by atoms with Crippen LogP contribution in [0.25, 0.3) is 22.4 Å². The standard InChI is InChI=1S/C30H42N4O2/c1-20(2)19-33-12-10-25(11-13-33)34-14-8-22(9-15-34)24-16-21(3)29-26(17-24)31-30(32-29)23-6-7-27(35-4)28(18-23)36-5/h6-7,16-18,20,22,25H,8-15,19H2,1-5H3,(H,31,32). The molecule has 0 bridgehead atoms. The van der Waals surface area contributed by atoms with Gasteiger partial charge in [-0.05, 0) is 106 Å². The van der Waals surface area contributed by atoms with Crippen molar-refractivity contribution in [1.29, 1.82) is 0 Å². The summed E-state index contributed by atoms with van der Waals surface area (Å²) < 4.78 is 10.9. The van der Waals surface area contributed by atoms with E-state index in [0.717, 1.165) is 40.1 Å². The number of nitrogens with zero attached hydrogens (tertiary/aromatic N) is 3. The van der Waals surface area contributed by atoms with E-state index >= 15 is 0 Å². The SMILES string of the molecule is COc1ccc(-c2nc3c(C)cc(C4CCN(C5CCN(CC(C)C)CC5)CC4)cc3[nH]2)cc1OC. The van der Waals surface area contributed by atoms with Crippen LogP contribution in [0.1, 0.15) is 56.6 Å². The van der Waals surface area contributed by atoms with Crippen LogP contribution < -0.4 is 9.47 Å². The van der Waals surface area contributed by atoms with Crippen LogP contribution in [0.5, 0.6) is 11.5 Å². The number of imidazole rings is 1. The zero-order chi connectivity index (χ0) is 25.2. The Morgan fingerprint density at radius 1 is 0.944 bits per heavy atom. The number of aromatic amines is 1. The second kappa shape index (κ2) is 10.8. The van der Waals surface area contributed by atoms with Gasteiger partial charge in [0, 0.05) is 18.2 Å². The lowest BCUT2D eigenvalue weighted by atomic mass is 9.87. The molecule has 2 aromatic carbocycles. The maximum absolute atomic E-state index is 5.49. The lowest BCUT2D eigenvalue weighted by Gasteiger charge is -2.42. The number of hydrogen-bond donors (Lipinski definition) is 1. The van der Waals surface area contributed by atoms with E-state index in [9.17, 15) is 0 Å². The first-order chi connectivity index (χ1) is 17.4. The molecule has 2 fully saturated rings. The summed E-state index contributed by atoms with van der Waals surface area (Å²) in [6.45, 7) is 13.1. The van der Waals surface area contributed by atoms with E-state index < -0.39 is 0 Å². The van der Waals surface area contributed by atoms with E-state index in [1.165, 1.54) is 69.5 Å². The van der Waals surface area contributed by atoms with E-state index in [0.29, 0.717) is 11.7 Å². The van der Waals surface area contributed by atoms with Gasteiger partial charge >= 0.3 is 0 Å². The molecule has 1 N–H and O–H groups in total. The van der Waals surface area contributed by atoms with Gasteiger partial charge in [-0.1, -0.05) is 19.9 Å². The first-order valence-electron chi connectivity index (χ1n) is 13.6. The fraction of sp³-hybridized carbons (Fsp3) is 0.567. The zero-order valence-electron chi connectivity index (χ0n) is 22.6. The molecule has 0 unspecified atom stereocenters. The molecule has 0 spiro atoms. The molecule has 3 aromatic rings. The largest absolute Gasteiger partial charge is 0.493 e. The molecule has 0 amide bonds. The van der Waals surface area contributed by atoms with Crippen LogP contribution in [0.2, 0.25) is 0 Å². The van der Waals surface area contributed by atoms with Crippen molar-refractivity contribution < 1.29 is 9.47 Å². The molecule has 6 nitrogen and oxygen atoms in total. The van der Waals surface area contributed by atoms with Crippen LogP contribution in [0, 0.1) is 12.8 Å². The first-order valence-corrected chi connectivity index (χ1v) is 13.6. The van der Waals surface area contributed by atoms with Crippen molar-refractivity contribution in [3.05, 3.63) is 41.5 Å². The topological polar surface area (TPSA) is 53.6 Å². The molecule has 3 heterocycles. The van der Waals surface area contributed by atoms with Crippen molar-refractivity contribution >= 4 is 11.0 Å². The molecular weight excluding hydrogens is 448 g/mol. The molecule has 1 aromatic heterocycles. The van der Waals surface area contributed by atoms with Crippen molar-refractivity contribution in [2.45, 2.75) is 58.4 Å². The average molecular weight is 491 g/mol. The van der Waals surface area contributed by atoms with E-state index in [2.05, 4.69) is 47.7 Å². The maximum Gasteiger partial charge on any atom is 0.161 e. The number of hydrogen-bond acceptors (Lipinski definition) is 5. The maximum atomic E-state index is 5.49. The summed E-state index contributed by atoms with van der Waals surface area (Å²) in [4.78, 5) is 13.9. The summed E-state index contributed by atoms with van der Waals surface area (Å²) in [5.74, 6) is 3.69. The lowest BCUT2D eigenvalue weighted by molar-refractivity contribution is 0.0828. The number of likely N-dealkylation sites (tertiary alicyclic amines) is 2.